The molecule has 4 nitrogen and oxygen atoms in total. The molecule has 0 aliphatic heterocycles. The van der Waals surface area contributed by atoms with E-state index in [1.165, 1.54) is 0 Å². The van der Waals surface area contributed by atoms with Gasteiger partial charge in [-0.3, -0.25) is 9.69 Å². The quantitative estimate of drug-likeness (QED) is 0.784. The summed E-state index contributed by atoms with van der Waals surface area (Å²) in [5.74, 6) is 0.0152. The number of hydrogen-bond donors (Lipinski definition) is 2. The van der Waals surface area contributed by atoms with Crippen molar-refractivity contribution in [2.75, 3.05) is 25.5 Å². The number of nitrogens with one attached hydrogen (secondary N) is 1. The van der Waals surface area contributed by atoms with E-state index in [2.05, 4.69) is 12.2 Å². The van der Waals surface area contributed by atoms with E-state index in [1.807, 2.05) is 36.2 Å². The fourth-order valence-electron chi connectivity index (χ4n) is 1.63. The van der Waals surface area contributed by atoms with E-state index >= 15 is 0 Å². The summed E-state index contributed by atoms with van der Waals surface area (Å²) < 4.78 is 0. The zero-order valence-corrected chi connectivity index (χ0v) is 10.6. The Hall–Kier alpha value is -1.39. The summed E-state index contributed by atoms with van der Waals surface area (Å²) in [5, 5.41) is 2.86. The number of nitrogens with zero attached hydrogens (tertiary/aromatic N) is 1. The van der Waals surface area contributed by atoms with Crippen LogP contribution in [0.15, 0.2) is 24.3 Å². The average Bonchev–Trinajstić information content (AvgIpc) is 2.30. The second-order valence-corrected chi connectivity index (χ2v) is 4.19. The highest BCUT2D eigenvalue weighted by molar-refractivity contribution is 5.92. The highest BCUT2D eigenvalue weighted by atomic mass is 16.2. The maximum Gasteiger partial charge on any atom is 0.238 e. The lowest BCUT2D eigenvalue weighted by Gasteiger charge is -2.15. The molecule has 0 fully saturated rings. The lowest BCUT2D eigenvalue weighted by atomic mass is 10.2. The van der Waals surface area contributed by atoms with Crippen LogP contribution in [0.5, 0.6) is 0 Å². The number of amides is 1. The van der Waals surface area contributed by atoms with Crippen molar-refractivity contribution >= 4 is 11.6 Å². The van der Waals surface area contributed by atoms with Crippen molar-refractivity contribution in [3.05, 3.63) is 29.8 Å². The second kappa shape index (κ2) is 7.04. The van der Waals surface area contributed by atoms with E-state index in [0.717, 1.165) is 24.2 Å². The highest BCUT2D eigenvalue weighted by Gasteiger charge is 2.05. The smallest absolute Gasteiger partial charge is 0.238 e. The first-order valence-corrected chi connectivity index (χ1v) is 5.93. The molecule has 0 unspecified atom stereocenters. The van der Waals surface area contributed by atoms with Gasteiger partial charge in [-0.1, -0.05) is 19.1 Å². The van der Waals surface area contributed by atoms with Crippen LogP contribution in [0.4, 0.5) is 5.69 Å². The minimum Gasteiger partial charge on any atom is -0.326 e. The third-order valence-corrected chi connectivity index (χ3v) is 2.49. The average molecular weight is 235 g/mol. The van der Waals surface area contributed by atoms with E-state index in [4.69, 9.17) is 5.73 Å². The van der Waals surface area contributed by atoms with Crippen molar-refractivity contribution in [2.24, 2.45) is 5.73 Å². The van der Waals surface area contributed by atoms with Gasteiger partial charge in [-0.15, -0.1) is 0 Å². The molecule has 94 valence electrons. The topological polar surface area (TPSA) is 58.4 Å². The van der Waals surface area contributed by atoms with Crippen molar-refractivity contribution in [1.29, 1.82) is 0 Å². The van der Waals surface area contributed by atoms with Crippen molar-refractivity contribution in [1.82, 2.24) is 4.90 Å². The fraction of sp³-hybridized carbons (Fsp3) is 0.462. The Morgan fingerprint density at radius 2 is 2.00 bits per heavy atom. The van der Waals surface area contributed by atoms with Crippen molar-refractivity contribution in [2.45, 2.75) is 19.9 Å². The van der Waals surface area contributed by atoms with Gasteiger partial charge in [0.25, 0.3) is 0 Å². The molecule has 0 aliphatic carbocycles. The minimum atomic E-state index is 0.0152. The fourth-order valence-corrected chi connectivity index (χ4v) is 1.63. The van der Waals surface area contributed by atoms with Crippen LogP contribution in [0.1, 0.15) is 18.9 Å². The van der Waals surface area contributed by atoms with Gasteiger partial charge in [0.1, 0.15) is 0 Å². The summed E-state index contributed by atoms with van der Waals surface area (Å²) >= 11 is 0. The number of likely N-dealkylation sites (N-methyl/N-ethyl adjacent to an activating group) is 1. The van der Waals surface area contributed by atoms with Crippen LogP contribution in [0, 0.1) is 0 Å². The summed E-state index contributed by atoms with van der Waals surface area (Å²) in [6.45, 7) is 3.97. The maximum atomic E-state index is 11.7. The standard InChI is InChI=1S/C13H21N3O/c1-3-8-16(2)10-13(17)15-12-6-4-11(9-14)5-7-12/h4-7H,3,8-10,14H2,1-2H3,(H,15,17). The van der Waals surface area contributed by atoms with E-state index in [0.29, 0.717) is 13.1 Å². The molecule has 0 bridgehead atoms. The summed E-state index contributed by atoms with van der Waals surface area (Å²) in [5.41, 5.74) is 7.38. The summed E-state index contributed by atoms with van der Waals surface area (Å²) in [7, 11) is 1.95. The molecule has 1 aromatic carbocycles. The number of carbonyl (C=O) groups excluding carboxylic acids is 1. The van der Waals surface area contributed by atoms with E-state index in [-0.39, 0.29) is 5.91 Å². The first kappa shape index (κ1) is 13.7. The van der Waals surface area contributed by atoms with Gasteiger partial charge in [-0.2, -0.15) is 0 Å². The van der Waals surface area contributed by atoms with Crippen LogP contribution in [0.25, 0.3) is 0 Å². The third kappa shape index (κ3) is 4.97. The predicted octanol–water partition coefficient (Wildman–Crippen LogP) is 1.43. The minimum absolute atomic E-state index is 0.0152. The van der Waals surface area contributed by atoms with Crippen LogP contribution < -0.4 is 11.1 Å². The molecular weight excluding hydrogens is 214 g/mol. The van der Waals surface area contributed by atoms with Crippen LogP contribution in [0.2, 0.25) is 0 Å². The van der Waals surface area contributed by atoms with Crippen molar-refractivity contribution in [3.63, 3.8) is 0 Å². The first-order chi connectivity index (χ1) is 8.15. The monoisotopic (exact) mass is 235 g/mol. The molecule has 0 atom stereocenters. The first-order valence-electron chi connectivity index (χ1n) is 5.93. The third-order valence-electron chi connectivity index (χ3n) is 2.49. The van der Waals surface area contributed by atoms with Crippen molar-refractivity contribution in [3.8, 4) is 0 Å². The predicted molar refractivity (Wildman–Crippen MR) is 70.8 cm³/mol. The molecule has 0 saturated carbocycles. The normalized spacial score (nSPS) is 10.6. The van der Waals surface area contributed by atoms with Gasteiger partial charge in [0, 0.05) is 12.2 Å². The van der Waals surface area contributed by atoms with Gasteiger partial charge in [0.15, 0.2) is 0 Å². The second-order valence-electron chi connectivity index (χ2n) is 4.19. The number of carbonyl (C=O) groups is 1. The van der Waals surface area contributed by atoms with Gasteiger partial charge in [-0.25, -0.2) is 0 Å². The molecule has 0 aliphatic rings. The van der Waals surface area contributed by atoms with E-state index in [1.54, 1.807) is 0 Å². The van der Waals surface area contributed by atoms with Gasteiger partial charge in [0.2, 0.25) is 5.91 Å². The molecule has 0 aromatic heterocycles. The SMILES string of the molecule is CCCN(C)CC(=O)Nc1ccc(CN)cc1. The van der Waals surface area contributed by atoms with E-state index in [9.17, 15) is 4.79 Å². The molecule has 4 heteroatoms. The summed E-state index contributed by atoms with van der Waals surface area (Å²) in [6, 6.07) is 7.59. The molecule has 1 aromatic rings. The van der Waals surface area contributed by atoms with Gasteiger partial charge in [0.05, 0.1) is 6.54 Å². The van der Waals surface area contributed by atoms with Crippen LogP contribution in [0.3, 0.4) is 0 Å². The van der Waals surface area contributed by atoms with Crippen molar-refractivity contribution < 1.29 is 4.79 Å². The Morgan fingerprint density at radius 1 is 1.35 bits per heavy atom. The molecule has 0 radical (unpaired) electrons. The van der Waals surface area contributed by atoms with Gasteiger partial charge >= 0.3 is 0 Å². The number of hydrogen-bond acceptors (Lipinski definition) is 3. The lowest BCUT2D eigenvalue weighted by Crippen LogP contribution is -2.30. The molecule has 1 amide bonds. The maximum absolute atomic E-state index is 11.7. The lowest BCUT2D eigenvalue weighted by molar-refractivity contribution is -0.117. The van der Waals surface area contributed by atoms with Crippen LogP contribution >= 0.6 is 0 Å². The Bertz CT molecular complexity index is 348. The number of benzene rings is 1. The van der Waals surface area contributed by atoms with E-state index < -0.39 is 0 Å². The van der Waals surface area contributed by atoms with Crippen LogP contribution in [-0.2, 0) is 11.3 Å². The molecule has 0 saturated heterocycles. The molecule has 17 heavy (non-hydrogen) atoms. The number of nitrogens with two attached hydrogens (primary N) is 1. The molecule has 1 rings (SSSR count). The number of anilines is 1. The van der Waals surface area contributed by atoms with Gasteiger partial charge in [-0.05, 0) is 37.7 Å². The zero-order chi connectivity index (χ0) is 12.7. The Morgan fingerprint density at radius 3 is 2.53 bits per heavy atom. The Labute approximate surface area is 103 Å². The largest absolute Gasteiger partial charge is 0.326 e. The summed E-state index contributed by atoms with van der Waals surface area (Å²) in [6.07, 6.45) is 1.05. The van der Waals surface area contributed by atoms with Crippen LogP contribution in [-0.4, -0.2) is 30.9 Å². The molecule has 0 spiro atoms. The highest BCUT2D eigenvalue weighted by Crippen LogP contribution is 2.08. The Kier molecular flexibility index (Phi) is 5.66. The number of rotatable bonds is 6. The zero-order valence-electron chi connectivity index (χ0n) is 10.6. The molecule has 3 N–H and O–H groups in total. The summed E-state index contributed by atoms with van der Waals surface area (Å²) in [4.78, 5) is 13.7. The van der Waals surface area contributed by atoms with Gasteiger partial charge < -0.3 is 11.1 Å². The Balaban J connectivity index is 2.44. The molecular formula is C13H21N3O. The molecule has 0 heterocycles.